The Morgan fingerprint density at radius 2 is 1.87 bits per heavy atom. The molecule has 164 valence electrons. The number of benzene rings is 2. The number of halogens is 1. The molecule has 31 heavy (non-hydrogen) atoms. The van der Waals surface area contributed by atoms with Gasteiger partial charge in [-0.2, -0.15) is 0 Å². The average molecular weight is 430 g/mol. The molecule has 0 aliphatic carbocycles. The van der Waals surface area contributed by atoms with Gasteiger partial charge >= 0.3 is 0 Å². The van der Waals surface area contributed by atoms with Crippen LogP contribution in [0, 0.1) is 15.9 Å². The van der Waals surface area contributed by atoms with Crippen molar-refractivity contribution in [1.82, 2.24) is 4.90 Å². The molecule has 0 saturated carbocycles. The first kappa shape index (κ1) is 22.2. The third kappa shape index (κ3) is 4.97. The maximum atomic E-state index is 14.4. The maximum absolute atomic E-state index is 14.4. The van der Waals surface area contributed by atoms with E-state index in [-0.39, 0.29) is 36.1 Å². The highest BCUT2D eigenvalue weighted by atomic mass is 19.1. The molecule has 0 radical (unpaired) electrons. The predicted molar refractivity (Wildman–Crippen MR) is 113 cm³/mol. The summed E-state index contributed by atoms with van der Waals surface area (Å²) in [7, 11) is 0. The zero-order valence-corrected chi connectivity index (χ0v) is 17.0. The first-order valence-electron chi connectivity index (χ1n) is 9.79. The molecule has 10 heteroatoms. The van der Waals surface area contributed by atoms with Crippen LogP contribution in [-0.2, 0) is 0 Å². The van der Waals surface area contributed by atoms with E-state index < -0.39 is 10.7 Å². The SMILES string of the molecule is CC(=O)c1ccc(N2CCN(C(=O)c3cc([N+](=O)[O-])ccc3NCCO)CC2)c(F)c1. The number of nitro groups is 1. The average Bonchev–Trinajstić information content (AvgIpc) is 2.77. The van der Waals surface area contributed by atoms with E-state index in [0.29, 0.717) is 43.1 Å². The molecule has 1 saturated heterocycles. The van der Waals surface area contributed by atoms with Crippen molar-refractivity contribution in [2.45, 2.75) is 6.92 Å². The number of piperazine rings is 1. The third-order valence-corrected chi connectivity index (χ3v) is 5.13. The minimum atomic E-state index is -0.571. The molecule has 0 bridgehead atoms. The monoisotopic (exact) mass is 430 g/mol. The number of Topliss-reactive ketones (excluding diaryl/α,β-unsaturated/α-hetero) is 1. The van der Waals surface area contributed by atoms with E-state index in [9.17, 15) is 24.1 Å². The number of aliphatic hydroxyl groups excluding tert-OH is 1. The summed E-state index contributed by atoms with van der Waals surface area (Å²) in [5, 5.41) is 23.1. The smallest absolute Gasteiger partial charge is 0.270 e. The molecule has 9 nitrogen and oxygen atoms in total. The molecule has 0 unspecified atom stereocenters. The molecule has 0 aromatic heterocycles. The van der Waals surface area contributed by atoms with Crippen molar-refractivity contribution in [2.75, 3.05) is 49.5 Å². The van der Waals surface area contributed by atoms with Crippen molar-refractivity contribution in [3.63, 3.8) is 0 Å². The second-order valence-corrected chi connectivity index (χ2v) is 7.14. The fourth-order valence-electron chi connectivity index (χ4n) is 3.47. The van der Waals surface area contributed by atoms with Crippen molar-refractivity contribution in [3.8, 4) is 0 Å². The molecule has 1 heterocycles. The summed E-state index contributed by atoms with van der Waals surface area (Å²) in [6, 6.07) is 8.29. The van der Waals surface area contributed by atoms with Crippen LogP contribution in [0.1, 0.15) is 27.6 Å². The third-order valence-electron chi connectivity index (χ3n) is 5.13. The highest BCUT2D eigenvalue weighted by molar-refractivity contribution is 6.00. The Kier molecular flexibility index (Phi) is 6.81. The molecule has 2 aromatic carbocycles. The van der Waals surface area contributed by atoms with Gasteiger partial charge in [0.05, 0.1) is 22.8 Å². The number of nitrogens with zero attached hydrogens (tertiary/aromatic N) is 3. The van der Waals surface area contributed by atoms with Gasteiger partial charge in [-0.25, -0.2) is 4.39 Å². The van der Waals surface area contributed by atoms with E-state index in [4.69, 9.17) is 5.11 Å². The molecular weight excluding hydrogens is 407 g/mol. The minimum absolute atomic E-state index is 0.146. The van der Waals surface area contributed by atoms with Crippen LogP contribution in [0.15, 0.2) is 36.4 Å². The van der Waals surface area contributed by atoms with Gasteiger partial charge in [-0.05, 0) is 31.2 Å². The van der Waals surface area contributed by atoms with Crippen LogP contribution in [0.5, 0.6) is 0 Å². The lowest BCUT2D eigenvalue weighted by Gasteiger charge is -2.36. The summed E-state index contributed by atoms with van der Waals surface area (Å²) in [6.07, 6.45) is 0. The first-order chi connectivity index (χ1) is 14.8. The van der Waals surface area contributed by atoms with Crippen LogP contribution in [0.25, 0.3) is 0 Å². The lowest BCUT2D eigenvalue weighted by molar-refractivity contribution is -0.384. The summed E-state index contributed by atoms with van der Waals surface area (Å²) in [6.45, 7) is 2.76. The molecule has 2 N–H and O–H groups in total. The zero-order valence-electron chi connectivity index (χ0n) is 17.0. The number of hydrogen-bond acceptors (Lipinski definition) is 7. The number of carbonyl (C=O) groups is 2. The standard InChI is InChI=1S/C21H23FN4O5/c1-14(28)15-2-5-20(18(22)12-15)24-7-9-25(10-8-24)21(29)17-13-16(26(30)31)3-4-19(17)23-6-11-27/h2-5,12-13,23,27H,6-11H2,1H3. The van der Waals surface area contributed by atoms with Gasteiger partial charge < -0.3 is 20.2 Å². The van der Waals surface area contributed by atoms with E-state index in [1.807, 2.05) is 0 Å². The number of nitrogens with one attached hydrogen (secondary N) is 1. The van der Waals surface area contributed by atoms with Crippen molar-refractivity contribution < 1.29 is 24.0 Å². The second-order valence-electron chi connectivity index (χ2n) is 7.14. The Labute approximate surface area is 178 Å². The van der Waals surface area contributed by atoms with E-state index in [2.05, 4.69) is 5.32 Å². The van der Waals surface area contributed by atoms with Crippen LogP contribution in [0.2, 0.25) is 0 Å². The number of hydrogen-bond donors (Lipinski definition) is 2. The van der Waals surface area contributed by atoms with Crippen molar-refractivity contribution >= 4 is 28.8 Å². The van der Waals surface area contributed by atoms with Gasteiger partial charge in [0.25, 0.3) is 11.6 Å². The number of aliphatic hydroxyl groups is 1. The van der Waals surface area contributed by atoms with Crippen molar-refractivity contribution in [3.05, 3.63) is 63.5 Å². The molecule has 0 spiro atoms. The summed E-state index contributed by atoms with van der Waals surface area (Å²) < 4.78 is 14.4. The first-order valence-corrected chi connectivity index (χ1v) is 9.79. The summed E-state index contributed by atoms with van der Waals surface area (Å²) in [5.41, 5.74) is 0.997. The van der Waals surface area contributed by atoms with Crippen LogP contribution < -0.4 is 10.2 Å². The number of rotatable bonds is 7. The number of carbonyl (C=O) groups excluding carboxylic acids is 2. The van der Waals surface area contributed by atoms with Crippen LogP contribution >= 0.6 is 0 Å². The van der Waals surface area contributed by atoms with Crippen LogP contribution in [-0.4, -0.2) is 66.0 Å². The molecule has 1 amide bonds. The molecule has 0 atom stereocenters. The minimum Gasteiger partial charge on any atom is -0.395 e. The normalized spacial score (nSPS) is 13.8. The van der Waals surface area contributed by atoms with Gasteiger partial charge in [0.2, 0.25) is 0 Å². The molecule has 1 aliphatic rings. The highest BCUT2D eigenvalue weighted by Gasteiger charge is 2.26. The Morgan fingerprint density at radius 1 is 1.16 bits per heavy atom. The van der Waals surface area contributed by atoms with Crippen molar-refractivity contribution in [2.24, 2.45) is 0 Å². The Hall–Kier alpha value is -3.53. The topological polar surface area (TPSA) is 116 Å². The Bertz CT molecular complexity index is 1010. The predicted octanol–water partition coefficient (Wildman–Crippen LogP) is 2.30. The van der Waals surface area contributed by atoms with Crippen LogP contribution in [0.4, 0.5) is 21.5 Å². The van der Waals surface area contributed by atoms with Gasteiger partial charge in [0.15, 0.2) is 5.78 Å². The van der Waals surface area contributed by atoms with E-state index in [1.54, 1.807) is 21.9 Å². The summed E-state index contributed by atoms with van der Waals surface area (Å²) >= 11 is 0. The number of ketones is 1. The van der Waals surface area contributed by atoms with E-state index in [0.717, 1.165) is 0 Å². The number of amides is 1. The highest BCUT2D eigenvalue weighted by Crippen LogP contribution is 2.26. The van der Waals surface area contributed by atoms with E-state index >= 15 is 0 Å². The quantitative estimate of drug-likeness (QED) is 0.393. The van der Waals surface area contributed by atoms with E-state index in [1.165, 1.54) is 31.2 Å². The van der Waals surface area contributed by atoms with Gasteiger partial charge in [-0.1, -0.05) is 0 Å². The molecule has 1 aliphatic heterocycles. The lowest BCUT2D eigenvalue weighted by Crippen LogP contribution is -2.49. The van der Waals surface area contributed by atoms with Gasteiger partial charge in [0, 0.05) is 56.1 Å². The van der Waals surface area contributed by atoms with Crippen LogP contribution in [0.3, 0.4) is 0 Å². The fourth-order valence-corrected chi connectivity index (χ4v) is 3.47. The lowest BCUT2D eigenvalue weighted by atomic mass is 10.1. The number of non-ortho nitro benzene ring substituents is 1. The fraction of sp³-hybridized carbons (Fsp3) is 0.333. The largest absolute Gasteiger partial charge is 0.395 e. The number of anilines is 2. The summed E-state index contributed by atoms with van der Waals surface area (Å²) in [4.78, 5) is 38.4. The maximum Gasteiger partial charge on any atom is 0.270 e. The zero-order chi connectivity index (χ0) is 22.5. The molecule has 3 rings (SSSR count). The Balaban J connectivity index is 1.75. The van der Waals surface area contributed by atoms with Gasteiger partial charge in [-0.3, -0.25) is 19.7 Å². The molecule has 2 aromatic rings. The second kappa shape index (κ2) is 9.52. The molecular formula is C21H23FN4O5. The van der Waals surface area contributed by atoms with Gasteiger partial charge in [-0.15, -0.1) is 0 Å². The van der Waals surface area contributed by atoms with Crippen molar-refractivity contribution in [1.29, 1.82) is 0 Å². The summed E-state index contributed by atoms with van der Waals surface area (Å²) in [5.74, 6) is -1.10. The number of nitro benzene ring substituents is 1. The van der Waals surface area contributed by atoms with Gasteiger partial charge in [0.1, 0.15) is 5.82 Å². The molecule has 1 fully saturated rings. The Morgan fingerprint density at radius 3 is 2.45 bits per heavy atom.